The third-order valence-corrected chi connectivity index (χ3v) is 4.89. The third-order valence-electron chi connectivity index (χ3n) is 4.89. The standard InChI is InChI=1S/C16H25N3O/c20-16-13-11-17-14-10-8-6-4-2-1-3-5-7-9-12(14)15(13)18-19-16/h2,4,6,8,12-15,17-18H,1,3,5,7,9-11H2,(H,19,20)/b4-2+,8-6-. The van der Waals surface area contributed by atoms with Gasteiger partial charge in [-0.2, -0.15) is 0 Å². The molecule has 0 bridgehead atoms. The predicted octanol–water partition coefficient (Wildman–Crippen LogP) is 1.66. The summed E-state index contributed by atoms with van der Waals surface area (Å²) in [5.74, 6) is 0.805. The van der Waals surface area contributed by atoms with E-state index in [9.17, 15) is 4.79 Å². The second-order valence-corrected chi connectivity index (χ2v) is 6.17. The minimum atomic E-state index is 0.105. The number of amides is 1. The molecule has 0 radical (unpaired) electrons. The second kappa shape index (κ2) is 6.55. The molecule has 2 aliphatic heterocycles. The van der Waals surface area contributed by atoms with Crippen molar-refractivity contribution >= 4 is 5.91 Å². The number of hydrogen-bond acceptors (Lipinski definition) is 3. The molecule has 0 aromatic heterocycles. The molecule has 0 saturated carbocycles. The quantitative estimate of drug-likeness (QED) is 0.630. The van der Waals surface area contributed by atoms with Gasteiger partial charge in [0, 0.05) is 18.6 Å². The number of fused-ring (bicyclic) bond motifs is 3. The van der Waals surface area contributed by atoms with Crippen LogP contribution in [-0.2, 0) is 4.79 Å². The fourth-order valence-corrected chi connectivity index (χ4v) is 3.75. The molecule has 3 N–H and O–H groups in total. The number of rotatable bonds is 0. The van der Waals surface area contributed by atoms with Crippen molar-refractivity contribution in [3.8, 4) is 0 Å². The van der Waals surface area contributed by atoms with Crippen LogP contribution in [-0.4, -0.2) is 24.5 Å². The van der Waals surface area contributed by atoms with E-state index in [1.54, 1.807) is 0 Å². The highest BCUT2D eigenvalue weighted by atomic mass is 16.2. The second-order valence-electron chi connectivity index (χ2n) is 6.17. The van der Waals surface area contributed by atoms with Crippen molar-refractivity contribution < 1.29 is 4.79 Å². The SMILES string of the molecule is O=C1NNC2C1CNC1C/C=C\C=C\CCCCCC12. The minimum Gasteiger partial charge on any atom is -0.312 e. The Labute approximate surface area is 121 Å². The van der Waals surface area contributed by atoms with Crippen molar-refractivity contribution in [2.24, 2.45) is 11.8 Å². The Morgan fingerprint density at radius 1 is 1.10 bits per heavy atom. The number of carbonyl (C=O) groups excluding carboxylic acids is 1. The zero-order chi connectivity index (χ0) is 13.8. The van der Waals surface area contributed by atoms with Gasteiger partial charge < -0.3 is 5.32 Å². The Balaban J connectivity index is 1.72. The molecule has 4 unspecified atom stereocenters. The number of carbonyl (C=O) groups is 1. The van der Waals surface area contributed by atoms with Crippen LogP contribution in [0.25, 0.3) is 0 Å². The Morgan fingerprint density at radius 3 is 2.95 bits per heavy atom. The molecule has 2 saturated heterocycles. The number of hydrogen-bond donors (Lipinski definition) is 3. The molecular formula is C16H25N3O. The molecule has 0 aromatic carbocycles. The van der Waals surface area contributed by atoms with E-state index in [0.717, 1.165) is 13.0 Å². The maximum absolute atomic E-state index is 11.8. The van der Waals surface area contributed by atoms with Gasteiger partial charge in [0.1, 0.15) is 0 Å². The van der Waals surface area contributed by atoms with E-state index in [1.165, 1.54) is 32.1 Å². The van der Waals surface area contributed by atoms with Gasteiger partial charge in [-0.15, -0.1) is 0 Å². The molecule has 1 amide bonds. The third kappa shape index (κ3) is 2.96. The summed E-state index contributed by atoms with van der Waals surface area (Å²) in [5, 5.41) is 3.60. The van der Waals surface area contributed by atoms with E-state index in [4.69, 9.17) is 0 Å². The molecule has 0 spiro atoms. The average Bonchev–Trinajstić information content (AvgIpc) is 2.81. The van der Waals surface area contributed by atoms with Crippen molar-refractivity contribution in [2.45, 2.75) is 50.6 Å². The van der Waals surface area contributed by atoms with Gasteiger partial charge in [0.2, 0.25) is 5.91 Å². The van der Waals surface area contributed by atoms with Crippen LogP contribution in [0.5, 0.6) is 0 Å². The minimum absolute atomic E-state index is 0.105. The summed E-state index contributed by atoms with van der Waals surface area (Å²) in [5.41, 5.74) is 6.06. The first-order chi connectivity index (χ1) is 9.86. The summed E-state index contributed by atoms with van der Waals surface area (Å²) in [6.07, 6.45) is 16.1. The van der Waals surface area contributed by atoms with Gasteiger partial charge in [-0.25, -0.2) is 5.43 Å². The molecule has 3 rings (SSSR count). The summed E-state index contributed by atoms with van der Waals surface area (Å²) >= 11 is 0. The van der Waals surface area contributed by atoms with Crippen molar-refractivity contribution in [3.63, 3.8) is 0 Å². The largest absolute Gasteiger partial charge is 0.312 e. The van der Waals surface area contributed by atoms with Crippen molar-refractivity contribution in [1.82, 2.24) is 16.2 Å². The van der Waals surface area contributed by atoms with Gasteiger partial charge in [-0.05, 0) is 31.6 Å². The summed E-state index contributed by atoms with van der Waals surface area (Å²) in [6.45, 7) is 0.800. The Morgan fingerprint density at radius 2 is 2.00 bits per heavy atom. The van der Waals surface area contributed by atoms with Gasteiger partial charge in [-0.1, -0.05) is 37.1 Å². The van der Waals surface area contributed by atoms with Crippen LogP contribution in [0.3, 0.4) is 0 Å². The van der Waals surface area contributed by atoms with Gasteiger partial charge >= 0.3 is 0 Å². The van der Waals surface area contributed by atoms with Crippen LogP contribution in [0.4, 0.5) is 0 Å². The zero-order valence-corrected chi connectivity index (χ0v) is 12.0. The Bertz CT molecular complexity index is 405. The van der Waals surface area contributed by atoms with Gasteiger partial charge in [0.05, 0.1) is 5.92 Å². The number of nitrogens with one attached hydrogen (secondary N) is 3. The van der Waals surface area contributed by atoms with Crippen LogP contribution < -0.4 is 16.2 Å². The van der Waals surface area contributed by atoms with Crippen LogP contribution in [0.15, 0.2) is 24.3 Å². The fraction of sp³-hybridized carbons (Fsp3) is 0.688. The normalized spacial score (nSPS) is 41.5. The lowest BCUT2D eigenvalue weighted by atomic mass is 9.76. The fourth-order valence-electron chi connectivity index (χ4n) is 3.75. The van der Waals surface area contributed by atoms with Crippen LogP contribution in [0, 0.1) is 11.8 Å². The number of allylic oxidation sites excluding steroid dienone is 3. The first kappa shape index (κ1) is 13.8. The van der Waals surface area contributed by atoms with E-state index in [2.05, 4.69) is 40.5 Å². The zero-order valence-electron chi connectivity index (χ0n) is 12.0. The topological polar surface area (TPSA) is 53.2 Å². The maximum Gasteiger partial charge on any atom is 0.240 e. The molecule has 1 aliphatic carbocycles. The van der Waals surface area contributed by atoms with Gasteiger partial charge in [0.25, 0.3) is 0 Å². The van der Waals surface area contributed by atoms with Gasteiger partial charge in [0.15, 0.2) is 0 Å². The van der Waals surface area contributed by atoms with E-state index in [-0.39, 0.29) is 11.8 Å². The smallest absolute Gasteiger partial charge is 0.240 e. The molecule has 2 fully saturated rings. The van der Waals surface area contributed by atoms with E-state index in [0.29, 0.717) is 18.0 Å². The van der Waals surface area contributed by atoms with Crippen molar-refractivity contribution in [3.05, 3.63) is 24.3 Å². The monoisotopic (exact) mass is 275 g/mol. The lowest BCUT2D eigenvalue weighted by Gasteiger charge is -2.39. The average molecular weight is 275 g/mol. The summed E-state index contributed by atoms with van der Waals surface area (Å²) < 4.78 is 0. The molecule has 0 aromatic rings. The lowest BCUT2D eigenvalue weighted by molar-refractivity contribution is -0.123. The molecular weight excluding hydrogens is 250 g/mol. The Hall–Kier alpha value is -1.13. The summed E-state index contributed by atoms with van der Waals surface area (Å²) in [7, 11) is 0. The van der Waals surface area contributed by atoms with Gasteiger partial charge in [-0.3, -0.25) is 10.2 Å². The first-order valence-corrected chi connectivity index (χ1v) is 7.96. The predicted molar refractivity (Wildman–Crippen MR) is 79.8 cm³/mol. The summed E-state index contributed by atoms with van der Waals surface area (Å²) in [6, 6.07) is 0.793. The highest BCUT2D eigenvalue weighted by molar-refractivity contribution is 5.81. The van der Waals surface area contributed by atoms with Crippen molar-refractivity contribution in [2.75, 3.05) is 6.54 Å². The van der Waals surface area contributed by atoms with Crippen LogP contribution in [0.1, 0.15) is 38.5 Å². The highest BCUT2D eigenvalue weighted by Gasteiger charge is 2.45. The molecule has 4 atom stereocenters. The van der Waals surface area contributed by atoms with E-state index < -0.39 is 0 Å². The maximum atomic E-state index is 11.8. The van der Waals surface area contributed by atoms with E-state index >= 15 is 0 Å². The Kier molecular flexibility index (Phi) is 4.53. The molecule has 4 nitrogen and oxygen atoms in total. The van der Waals surface area contributed by atoms with E-state index in [1.807, 2.05) is 0 Å². The van der Waals surface area contributed by atoms with Crippen LogP contribution in [0.2, 0.25) is 0 Å². The first-order valence-electron chi connectivity index (χ1n) is 7.96. The highest BCUT2D eigenvalue weighted by Crippen LogP contribution is 2.31. The van der Waals surface area contributed by atoms with Crippen molar-refractivity contribution in [1.29, 1.82) is 0 Å². The van der Waals surface area contributed by atoms with Crippen LogP contribution >= 0.6 is 0 Å². The molecule has 110 valence electrons. The summed E-state index contributed by atoms with van der Waals surface area (Å²) in [4.78, 5) is 11.8. The lowest BCUT2D eigenvalue weighted by Crippen LogP contribution is -2.56. The molecule has 2 heterocycles. The molecule has 4 heteroatoms. The molecule has 3 aliphatic rings. The number of piperidine rings is 1. The number of hydrazine groups is 1. The molecule has 20 heavy (non-hydrogen) atoms.